The third-order valence-corrected chi connectivity index (χ3v) is 8.69. The van der Waals surface area contributed by atoms with Gasteiger partial charge in [-0.1, -0.05) is 175 Å². The average molecular weight is 777 g/mol. The standard InChI is InChI=1S/C56H37NO/c1-3-13-38(14-4-1)40-25-27-41(28-26-40)42-29-31-46(32-30-42)57(54-24-12-18-43-17-7-8-21-48(43)54)47-33-34-55-52(36-47)53-37-51(49-22-9-10-23-50(49)56(53)58-55)45-20-11-19-44(35-45)39-15-5-2-6-16-39/h1-37H/i1D,2D,3D,4D,5D,6D,7D,8D,9D,10D,11D,12D,13D,14D,15D,16D,17D,18D,19D,20D,21D,22D,23D,24D,25D,26D,27D,28D,29D,30D,31D,32D,33D,34D,35D,36D,37D. The number of hydrogen-bond donors (Lipinski definition) is 0. The lowest BCUT2D eigenvalue weighted by Crippen LogP contribution is -2.10. The molecule has 0 atom stereocenters. The van der Waals surface area contributed by atoms with Crippen LogP contribution in [0.25, 0.3) is 88.0 Å². The molecular formula is C56H37NO. The summed E-state index contributed by atoms with van der Waals surface area (Å²) in [5.74, 6) is 0. The van der Waals surface area contributed by atoms with Gasteiger partial charge in [0.05, 0.1) is 56.4 Å². The lowest BCUT2D eigenvalue weighted by molar-refractivity contribution is 0.672. The second-order valence-corrected chi connectivity index (χ2v) is 12.0. The molecule has 0 spiro atoms. The van der Waals surface area contributed by atoms with Gasteiger partial charge in [-0.3, -0.25) is 0 Å². The molecule has 0 fully saturated rings. The molecule has 272 valence electrons. The maximum atomic E-state index is 10.3. The fraction of sp³-hybridized carbons (Fsp3) is 0. The van der Waals surface area contributed by atoms with E-state index in [-0.39, 0.29) is 0 Å². The van der Waals surface area contributed by atoms with Crippen molar-refractivity contribution in [1.82, 2.24) is 0 Å². The first-order valence-electron chi connectivity index (χ1n) is 35.3. The van der Waals surface area contributed by atoms with Crippen molar-refractivity contribution in [3.05, 3.63) is 224 Å². The average Bonchev–Trinajstić information content (AvgIpc) is 1.67. The zero-order valence-corrected chi connectivity index (χ0v) is 28.9. The van der Waals surface area contributed by atoms with E-state index >= 15 is 0 Å². The maximum absolute atomic E-state index is 10.3. The van der Waals surface area contributed by atoms with Gasteiger partial charge in [-0.05, 0) is 104 Å². The van der Waals surface area contributed by atoms with Gasteiger partial charge in [0.25, 0.3) is 0 Å². The Bertz CT molecular complexity index is 5340. The summed E-state index contributed by atoms with van der Waals surface area (Å²) in [5.41, 5.74) is -12.5. The van der Waals surface area contributed by atoms with Gasteiger partial charge in [0.1, 0.15) is 11.2 Å². The molecule has 0 aliphatic rings. The Morgan fingerprint density at radius 3 is 1.57 bits per heavy atom. The van der Waals surface area contributed by atoms with E-state index in [0.29, 0.717) is 4.90 Å². The molecule has 0 unspecified atom stereocenters. The molecule has 11 rings (SSSR count). The summed E-state index contributed by atoms with van der Waals surface area (Å²) in [4.78, 5) is 0.331. The van der Waals surface area contributed by atoms with Crippen LogP contribution in [0.15, 0.2) is 228 Å². The largest absolute Gasteiger partial charge is 0.455 e. The number of benzene rings is 10. The second-order valence-electron chi connectivity index (χ2n) is 12.0. The Balaban J connectivity index is 1.34. The lowest BCUT2D eigenvalue weighted by Gasteiger charge is -2.27. The molecule has 0 aliphatic carbocycles. The fourth-order valence-corrected chi connectivity index (χ4v) is 6.11. The number of hydrogen-bond acceptors (Lipinski definition) is 2. The van der Waals surface area contributed by atoms with E-state index in [2.05, 4.69) is 0 Å². The quantitative estimate of drug-likeness (QED) is 0.160. The maximum Gasteiger partial charge on any atom is 0.143 e. The van der Waals surface area contributed by atoms with Crippen molar-refractivity contribution in [2.45, 2.75) is 0 Å². The monoisotopic (exact) mass is 777 g/mol. The number of fused-ring (bicyclic) bond motifs is 6. The number of nitrogens with zero attached hydrogens (tertiary/aromatic N) is 1. The molecule has 10 aromatic carbocycles. The summed E-state index contributed by atoms with van der Waals surface area (Å²) in [6.07, 6.45) is 0. The molecular weight excluding hydrogens is 703 g/mol. The van der Waals surface area contributed by atoms with Crippen molar-refractivity contribution in [2.24, 2.45) is 0 Å². The predicted octanol–water partition coefficient (Wildman–Crippen LogP) is 16.0. The second kappa shape index (κ2) is 14.1. The normalized spacial score (nSPS) is 20.4. The zero-order valence-electron chi connectivity index (χ0n) is 65.9. The van der Waals surface area contributed by atoms with Gasteiger partial charge in [-0.15, -0.1) is 0 Å². The molecule has 0 amide bonds. The van der Waals surface area contributed by atoms with Crippen molar-refractivity contribution in [2.75, 3.05) is 4.90 Å². The molecule has 0 saturated heterocycles. The van der Waals surface area contributed by atoms with Crippen LogP contribution in [0.2, 0.25) is 0 Å². The van der Waals surface area contributed by atoms with Gasteiger partial charge in [0, 0.05) is 32.9 Å². The minimum atomic E-state index is -1.37. The highest BCUT2D eigenvalue weighted by molar-refractivity contribution is 6.20. The first-order valence-corrected chi connectivity index (χ1v) is 16.8. The summed E-state index contributed by atoms with van der Waals surface area (Å²) >= 11 is 0. The molecule has 1 aromatic heterocycles. The number of furan rings is 1. The van der Waals surface area contributed by atoms with Crippen LogP contribution < -0.4 is 4.90 Å². The summed E-state index contributed by atoms with van der Waals surface area (Å²) in [6, 6.07) is -40.4. The van der Waals surface area contributed by atoms with Crippen LogP contribution in [-0.4, -0.2) is 0 Å². The summed E-state index contributed by atoms with van der Waals surface area (Å²) in [5, 5.41) is -4.97. The van der Waals surface area contributed by atoms with Crippen LogP contribution in [0.4, 0.5) is 17.1 Å². The Kier molecular flexibility index (Phi) is 3.15. The van der Waals surface area contributed by atoms with Gasteiger partial charge in [-0.2, -0.15) is 0 Å². The minimum Gasteiger partial charge on any atom is -0.455 e. The van der Waals surface area contributed by atoms with E-state index in [4.69, 9.17) is 33.2 Å². The van der Waals surface area contributed by atoms with Gasteiger partial charge in [0.2, 0.25) is 0 Å². The van der Waals surface area contributed by atoms with Crippen molar-refractivity contribution in [3.63, 3.8) is 0 Å². The molecule has 0 radical (unpaired) electrons. The summed E-state index contributed by atoms with van der Waals surface area (Å²) in [6.45, 7) is 0. The van der Waals surface area contributed by atoms with Gasteiger partial charge in [-0.25, -0.2) is 0 Å². The Morgan fingerprint density at radius 2 is 0.845 bits per heavy atom. The summed E-state index contributed by atoms with van der Waals surface area (Å²) < 4.78 is 341. The molecule has 0 saturated carbocycles. The Labute approximate surface area is 389 Å². The van der Waals surface area contributed by atoms with Crippen LogP contribution in [0.5, 0.6) is 0 Å². The van der Waals surface area contributed by atoms with Gasteiger partial charge in [0.15, 0.2) is 0 Å². The van der Waals surface area contributed by atoms with E-state index in [0.717, 1.165) is 0 Å². The van der Waals surface area contributed by atoms with Gasteiger partial charge < -0.3 is 9.32 Å². The highest BCUT2D eigenvalue weighted by atomic mass is 16.3. The van der Waals surface area contributed by atoms with E-state index in [1.807, 2.05) is 0 Å². The SMILES string of the molecule is [2H]c1c([2H])c([2H])c(-c2c([2H])c([2H])c(-c3c([2H])c([2H])c(N(c4c([2H])c([2H])c5oc6c7c([2H])c([2H])c([2H])c([2H])c7c(-c7c([2H])c([2H])c([2H])c(-c8c([2H])c([2H])c([2H])c([2H])c8[2H])c7[2H])c([2H])c6c5c4[2H])c4c([2H])c([2H])c([2H])c5c([2H])c([2H])c([2H])c([2H])c45)c([2H])c3[2H])c([2H])c2[2H])c([2H])c1[2H]. The Morgan fingerprint density at radius 1 is 0.328 bits per heavy atom. The van der Waals surface area contributed by atoms with Crippen LogP contribution >= 0.6 is 0 Å². The highest BCUT2D eigenvalue weighted by Gasteiger charge is 2.20. The number of anilines is 3. The molecule has 11 aromatic rings. The van der Waals surface area contributed by atoms with Crippen molar-refractivity contribution < 1.29 is 55.1 Å². The molecule has 0 bridgehead atoms. The van der Waals surface area contributed by atoms with Crippen LogP contribution in [0.3, 0.4) is 0 Å². The molecule has 0 N–H and O–H groups in total. The van der Waals surface area contributed by atoms with Crippen LogP contribution in [0.1, 0.15) is 50.7 Å². The number of rotatable bonds is 7. The third kappa shape index (κ3) is 5.91. The summed E-state index contributed by atoms with van der Waals surface area (Å²) in [7, 11) is 0. The van der Waals surface area contributed by atoms with Crippen molar-refractivity contribution in [1.29, 1.82) is 0 Å². The molecule has 1 heterocycles. The molecule has 0 aliphatic heterocycles. The minimum absolute atomic E-state index is 0.331. The predicted molar refractivity (Wildman–Crippen MR) is 245 cm³/mol. The van der Waals surface area contributed by atoms with Crippen molar-refractivity contribution in [3.8, 4) is 44.5 Å². The van der Waals surface area contributed by atoms with Gasteiger partial charge >= 0.3 is 0 Å². The van der Waals surface area contributed by atoms with Crippen molar-refractivity contribution >= 4 is 60.5 Å². The Hall–Kier alpha value is -7.68. The van der Waals surface area contributed by atoms with E-state index in [9.17, 15) is 21.9 Å². The molecule has 2 nitrogen and oxygen atoms in total. The topological polar surface area (TPSA) is 16.4 Å². The fourth-order valence-electron chi connectivity index (χ4n) is 6.11. The van der Waals surface area contributed by atoms with Crippen LogP contribution in [0, 0.1) is 0 Å². The zero-order chi connectivity index (χ0) is 70.6. The van der Waals surface area contributed by atoms with E-state index < -0.39 is 329 Å². The highest BCUT2D eigenvalue weighted by Crippen LogP contribution is 2.45. The smallest absolute Gasteiger partial charge is 0.143 e. The van der Waals surface area contributed by atoms with E-state index in [1.165, 1.54) is 0 Å². The lowest BCUT2D eigenvalue weighted by atomic mass is 9.93. The first kappa shape index (κ1) is 12.9. The van der Waals surface area contributed by atoms with E-state index in [1.54, 1.807) is 0 Å². The molecule has 2 heteroatoms. The molecule has 58 heavy (non-hydrogen) atoms. The first-order chi connectivity index (χ1) is 44.2. The van der Waals surface area contributed by atoms with Crippen LogP contribution in [-0.2, 0) is 0 Å². The third-order valence-electron chi connectivity index (χ3n) is 8.69.